The minimum Gasteiger partial charge on any atom is -0.377 e. The molecule has 84 valence electrons. The van der Waals surface area contributed by atoms with E-state index in [1.54, 1.807) is 0 Å². The summed E-state index contributed by atoms with van der Waals surface area (Å²) >= 11 is 1.85. The fourth-order valence-corrected chi connectivity index (χ4v) is 2.69. The Morgan fingerprint density at radius 3 is 3.00 bits per heavy atom. The second-order valence-electron chi connectivity index (χ2n) is 3.67. The molecule has 5 heteroatoms. The maximum absolute atomic E-state index is 5.49. The van der Waals surface area contributed by atoms with Gasteiger partial charge in [-0.1, -0.05) is 12.1 Å². The van der Waals surface area contributed by atoms with E-state index < -0.39 is 0 Å². The van der Waals surface area contributed by atoms with E-state index in [0.717, 1.165) is 36.9 Å². The zero-order valence-corrected chi connectivity index (χ0v) is 9.92. The summed E-state index contributed by atoms with van der Waals surface area (Å²) in [6.07, 6.45) is 2.31. The van der Waals surface area contributed by atoms with Crippen molar-refractivity contribution in [3.05, 3.63) is 11.7 Å². The van der Waals surface area contributed by atoms with Crippen LogP contribution >= 0.6 is 11.8 Å². The van der Waals surface area contributed by atoms with Gasteiger partial charge in [-0.05, 0) is 13.3 Å². The molecule has 0 spiro atoms. The van der Waals surface area contributed by atoms with Gasteiger partial charge in [-0.3, -0.25) is 0 Å². The Morgan fingerprint density at radius 1 is 1.53 bits per heavy atom. The van der Waals surface area contributed by atoms with E-state index in [9.17, 15) is 0 Å². The number of rotatable bonds is 4. The lowest BCUT2D eigenvalue weighted by atomic mass is 10.3. The van der Waals surface area contributed by atoms with Gasteiger partial charge in [0.25, 0.3) is 0 Å². The van der Waals surface area contributed by atoms with E-state index in [4.69, 9.17) is 9.26 Å². The van der Waals surface area contributed by atoms with Gasteiger partial charge in [0.15, 0.2) is 5.82 Å². The molecule has 2 heterocycles. The summed E-state index contributed by atoms with van der Waals surface area (Å²) in [5, 5.41) is 4.44. The molecular weight excluding hydrogens is 212 g/mol. The van der Waals surface area contributed by atoms with Crippen molar-refractivity contribution in [1.29, 1.82) is 0 Å². The third kappa shape index (κ3) is 2.72. The van der Waals surface area contributed by atoms with E-state index in [0.29, 0.717) is 11.4 Å². The molecule has 1 aromatic rings. The molecule has 0 aromatic carbocycles. The van der Waals surface area contributed by atoms with Gasteiger partial charge in [-0.2, -0.15) is 4.98 Å². The molecule has 2 rings (SSSR count). The molecule has 1 aliphatic heterocycles. The Labute approximate surface area is 93.8 Å². The fraction of sp³-hybridized carbons (Fsp3) is 0.800. The minimum atomic E-state index is 0.351. The van der Waals surface area contributed by atoms with Crippen LogP contribution in [0.4, 0.5) is 0 Å². The van der Waals surface area contributed by atoms with E-state index in [-0.39, 0.29) is 0 Å². The molecule has 0 aliphatic carbocycles. The fourth-order valence-electron chi connectivity index (χ4n) is 1.60. The number of ether oxygens (including phenoxy) is 1. The Kier molecular flexibility index (Phi) is 3.64. The summed E-state index contributed by atoms with van der Waals surface area (Å²) in [4.78, 5) is 4.28. The Bertz CT molecular complexity index is 316. The van der Waals surface area contributed by atoms with Crippen molar-refractivity contribution < 1.29 is 9.26 Å². The van der Waals surface area contributed by atoms with Crippen LogP contribution in [0, 0.1) is 0 Å². The van der Waals surface area contributed by atoms with Crippen molar-refractivity contribution >= 4 is 11.8 Å². The summed E-state index contributed by atoms with van der Waals surface area (Å²) in [5.74, 6) is 2.32. The van der Waals surface area contributed by atoms with Crippen LogP contribution in [0.15, 0.2) is 4.52 Å². The van der Waals surface area contributed by atoms with Crippen molar-refractivity contribution in [2.45, 2.75) is 43.8 Å². The highest BCUT2D eigenvalue weighted by Gasteiger charge is 2.25. The molecule has 0 N–H and O–H groups in total. The molecule has 2 atom stereocenters. The number of hydrogen-bond acceptors (Lipinski definition) is 5. The molecular formula is C10H16N2O2S. The van der Waals surface area contributed by atoms with Crippen LogP contribution in [0.1, 0.15) is 32.0 Å². The smallest absolute Gasteiger partial charge is 0.236 e. The zero-order valence-electron chi connectivity index (χ0n) is 9.10. The summed E-state index contributed by atoms with van der Waals surface area (Å²) in [6.45, 7) is 5.02. The van der Waals surface area contributed by atoms with Crippen LogP contribution in [0.3, 0.4) is 0 Å². The first-order chi connectivity index (χ1) is 7.29. The van der Waals surface area contributed by atoms with E-state index in [1.165, 1.54) is 0 Å². The second kappa shape index (κ2) is 4.99. The van der Waals surface area contributed by atoms with Crippen molar-refractivity contribution in [2.75, 3.05) is 6.61 Å². The maximum Gasteiger partial charge on any atom is 0.236 e. The lowest BCUT2D eigenvalue weighted by Gasteiger charge is -2.11. The van der Waals surface area contributed by atoms with Gasteiger partial charge >= 0.3 is 0 Å². The van der Waals surface area contributed by atoms with E-state index in [1.807, 2.05) is 18.7 Å². The third-order valence-corrected chi connectivity index (χ3v) is 4.01. The molecule has 1 fully saturated rings. The van der Waals surface area contributed by atoms with Crippen molar-refractivity contribution in [3.63, 3.8) is 0 Å². The van der Waals surface area contributed by atoms with Gasteiger partial charge in [0.1, 0.15) is 0 Å². The number of nitrogens with zero attached hydrogens (tertiary/aromatic N) is 2. The SMILES string of the molecule is CCc1noc(CS[C@H]2CCO[C@@H]2C)n1. The van der Waals surface area contributed by atoms with Crippen LogP contribution in [-0.4, -0.2) is 28.1 Å². The zero-order chi connectivity index (χ0) is 10.7. The first-order valence-corrected chi connectivity index (χ1v) is 6.39. The van der Waals surface area contributed by atoms with Crippen molar-refractivity contribution in [2.24, 2.45) is 0 Å². The third-order valence-electron chi connectivity index (χ3n) is 2.55. The minimum absolute atomic E-state index is 0.351. The first kappa shape index (κ1) is 11.0. The monoisotopic (exact) mass is 228 g/mol. The number of hydrogen-bond donors (Lipinski definition) is 0. The van der Waals surface area contributed by atoms with Gasteiger partial charge < -0.3 is 9.26 Å². The summed E-state index contributed by atoms with van der Waals surface area (Å²) in [7, 11) is 0. The average molecular weight is 228 g/mol. The predicted octanol–water partition coefficient (Wildman–Crippen LogP) is 2.04. The van der Waals surface area contributed by atoms with E-state index >= 15 is 0 Å². The second-order valence-corrected chi connectivity index (χ2v) is 4.90. The molecule has 4 nitrogen and oxygen atoms in total. The topological polar surface area (TPSA) is 48.2 Å². The molecule has 1 aliphatic rings. The molecule has 1 saturated heterocycles. The standard InChI is InChI=1S/C10H16N2O2S/c1-3-9-11-10(14-12-9)6-15-8-4-5-13-7(8)2/h7-8H,3-6H2,1-2H3/t7-,8+/m1/s1. The van der Waals surface area contributed by atoms with Gasteiger partial charge in [0.05, 0.1) is 11.9 Å². The summed E-state index contributed by atoms with van der Waals surface area (Å²) < 4.78 is 10.6. The molecule has 15 heavy (non-hydrogen) atoms. The Balaban J connectivity index is 1.82. The van der Waals surface area contributed by atoms with Gasteiger partial charge in [-0.25, -0.2) is 0 Å². The highest BCUT2D eigenvalue weighted by atomic mass is 32.2. The Hall–Kier alpha value is -0.550. The Morgan fingerprint density at radius 2 is 2.40 bits per heavy atom. The first-order valence-electron chi connectivity index (χ1n) is 5.34. The van der Waals surface area contributed by atoms with Gasteiger partial charge in [0.2, 0.25) is 5.89 Å². The molecule has 0 unspecified atom stereocenters. The number of aryl methyl sites for hydroxylation is 1. The van der Waals surface area contributed by atoms with Crippen LogP contribution in [0.5, 0.6) is 0 Å². The van der Waals surface area contributed by atoms with Crippen LogP contribution < -0.4 is 0 Å². The number of thioether (sulfide) groups is 1. The largest absolute Gasteiger partial charge is 0.377 e. The maximum atomic E-state index is 5.49. The summed E-state index contributed by atoms with van der Waals surface area (Å²) in [6, 6.07) is 0. The average Bonchev–Trinajstić information content (AvgIpc) is 2.84. The highest BCUT2D eigenvalue weighted by Crippen LogP contribution is 2.28. The molecule has 0 saturated carbocycles. The molecule has 0 radical (unpaired) electrons. The van der Waals surface area contributed by atoms with Crippen molar-refractivity contribution in [3.8, 4) is 0 Å². The van der Waals surface area contributed by atoms with E-state index in [2.05, 4.69) is 17.1 Å². The summed E-state index contributed by atoms with van der Waals surface area (Å²) in [5.41, 5.74) is 0. The predicted molar refractivity (Wildman–Crippen MR) is 58.8 cm³/mol. The van der Waals surface area contributed by atoms with Gasteiger partial charge in [0, 0.05) is 18.3 Å². The number of aromatic nitrogens is 2. The lowest BCUT2D eigenvalue weighted by molar-refractivity contribution is 0.127. The van der Waals surface area contributed by atoms with Gasteiger partial charge in [-0.15, -0.1) is 11.8 Å². The normalized spacial score (nSPS) is 26.0. The molecule has 0 bridgehead atoms. The molecule has 0 amide bonds. The lowest BCUT2D eigenvalue weighted by Crippen LogP contribution is -2.13. The van der Waals surface area contributed by atoms with Crippen molar-refractivity contribution in [1.82, 2.24) is 10.1 Å². The molecule has 1 aromatic heterocycles. The van der Waals surface area contributed by atoms with Crippen LogP contribution in [0.2, 0.25) is 0 Å². The quantitative estimate of drug-likeness (QED) is 0.789. The van der Waals surface area contributed by atoms with Crippen LogP contribution in [-0.2, 0) is 16.9 Å². The highest BCUT2D eigenvalue weighted by molar-refractivity contribution is 7.99. The van der Waals surface area contributed by atoms with Crippen LogP contribution in [0.25, 0.3) is 0 Å².